The molecule has 1 fully saturated rings. The number of likely N-dealkylation sites (N-methyl/N-ethyl adjacent to an activating group) is 1. The van der Waals surface area contributed by atoms with Gasteiger partial charge in [-0.1, -0.05) is 18.2 Å². The predicted molar refractivity (Wildman–Crippen MR) is 211 cm³/mol. The second kappa shape index (κ2) is 16.8. The minimum Gasteiger partial charge on any atom is -0.494 e. The van der Waals surface area contributed by atoms with E-state index in [-0.39, 0.29) is 34.3 Å². The van der Waals surface area contributed by atoms with E-state index in [0.717, 1.165) is 51.0 Å². The number of rotatable bonds is 12. The van der Waals surface area contributed by atoms with Crippen LogP contribution in [-0.2, 0) is 9.53 Å². The number of methoxy groups -OCH3 is 1. The average Bonchev–Trinajstić information content (AvgIpc) is 3.47. The van der Waals surface area contributed by atoms with Gasteiger partial charge in [0.1, 0.15) is 11.4 Å². The smallest absolute Gasteiger partial charge is 0.419 e. The highest BCUT2D eigenvalue weighted by molar-refractivity contribution is 6.20. The molecule has 2 heterocycles. The first-order valence-corrected chi connectivity index (χ1v) is 18.4. The van der Waals surface area contributed by atoms with Gasteiger partial charge in [0.15, 0.2) is 11.5 Å². The molecule has 0 atom stereocenters. The molecule has 4 aromatic rings. The van der Waals surface area contributed by atoms with Gasteiger partial charge in [-0.3, -0.25) is 14.4 Å². The first-order chi connectivity index (χ1) is 25.6. The molecule has 54 heavy (non-hydrogen) atoms. The van der Waals surface area contributed by atoms with Gasteiger partial charge in [0.25, 0.3) is 5.91 Å². The lowest BCUT2D eigenvalue weighted by Gasteiger charge is -2.32. The molecule has 3 aromatic carbocycles. The van der Waals surface area contributed by atoms with Crippen molar-refractivity contribution in [2.45, 2.75) is 65.9 Å². The second-order valence-electron chi connectivity index (χ2n) is 15.0. The molecule has 1 aliphatic rings. The number of nitrogens with two attached hydrogens (primary N) is 1. The molecule has 0 aliphatic carbocycles. The molecule has 0 radical (unpaired) electrons. The Labute approximate surface area is 317 Å². The highest BCUT2D eigenvalue weighted by atomic mass is 16.6. The van der Waals surface area contributed by atoms with Gasteiger partial charge in [0, 0.05) is 56.3 Å². The number of aryl methyl sites for hydroxylation is 2. The molecule has 0 saturated carbocycles. The highest BCUT2D eigenvalue weighted by Gasteiger charge is 2.28. The molecule has 2 amide bonds. The van der Waals surface area contributed by atoms with Gasteiger partial charge in [-0.2, -0.15) is 0 Å². The molecule has 0 unspecified atom stereocenters. The fraction of sp³-hybridized carbons (Fsp3) is 0.429. The summed E-state index contributed by atoms with van der Waals surface area (Å²) in [7, 11) is 5.12. The number of benzene rings is 3. The molecule has 5 rings (SSSR count). The third kappa shape index (κ3) is 8.87. The predicted octanol–water partition coefficient (Wildman–Crippen LogP) is 6.85. The summed E-state index contributed by atoms with van der Waals surface area (Å²) in [6.07, 6.45) is 2.39. The SMILES string of the molecule is COc1c(C(=O)c2cccc3c2cc(C)n3C(=O)OC(C)(C)C)ccc(C(=O)N(C)c2ccc(C)cc2OCCCCCC(=O)N2CCN(C)CC2)c1N. The molecule has 12 nitrogen and oxygen atoms in total. The summed E-state index contributed by atoms with van der Waals surface area (Å²) in [5.74, 6) is 0.0501. The van der Waals surface area contributed by atoms with E-state index in [2.05, 4.69) is 11.9 Å². The molecule has 0 spiro atoms. The number of nitrogen functional groups attached to an aromatic ring is 1. The molecular weight excluding hydrogens is 686 g/mol. The first-order valence-electron chi connectivity index (χ1n) is 18.4. The Bertz CT molecular complexity index is 2040. The minimum absolute atomic E-state index is 0.0237. The number of ketones is 1. The largest absolute Gasteiger partial charge is 0.494 e. The van der Waals surface area contributed by atoms with Gasteiger partial charge < -0.3 is 34.6 Å². The molecule has 0 bridgehead atoms. The maximum atomic E-state index is 14.1. The highest BCUT2D eigenvalue weighted by Crippen LogP contribution is 2.36. The molecule has 1 saturated heterocycles. The third-order valence-corrected chi connectivity index (χ3v) is 9.66. The maximum Gasteiger partial charge on any atom is 0.419 e. The van der Waals surface area contributed by atoms with Crippen molar-refractivity contribution in [1.29, 1.82) is 0 Å². The lowest BCUT2D eigenvalue weighted by Crippen LogP contribution is -2.47. The van der Waals surface area contributed by atoms with E-state index in [0.29, 0.717) is 46.6 Å². The zero-order chi connectivity index (χ0) is 39.3. The monoisotopic (exact) mass is 739 g/mol. The molecule has 1 aromatic heterocycles. The van der Waals surface area contributed by atoms with E-state index in [9.17, 15) is 19.2 Å². The number of amides is 2. The topological polar surface area (TPSA) is 137 Å². The van der Waals surface area contributed by atoms with Gasteiger partial charge in [-0.05, 0) is 103 Å². The standard InChI is InChI=1S/C42H53N5O7/c1-27-16-19-34(35(25-27)53-24-11-9-10-15-36(48)46-22-20-44(6)21-23-46)45(7)40(50)30-17-18-31(39(52-8)37(30)43)38(49)29-13-12-14-33-32(29)26-28(2)47(33)41(51)54-42(3,4)5/h12-14,16-19,25-26H,9-11,15,20-24,43H2,1-8H3. The van der Waals surface area contributed by atoms with Gasteiger partial charge in [-0.15, -0.1) is 0 Å². The molecule has 288 valence electrons. The fourth-order valence-corrected chi connectivity index (χ4v) is 6.70. The van der Waals surface area contributed by atoms with Gasteiger partial charge in [0.05, 0.1) is 41.7 Å². The number of aromatic nitrogens is 1. The lowest BCUT2D eigenvalue weighted by atomic mass is 9.96. The number of hydrogen-bond acceptors (Lipinski definition) is 9. The lowest BCUT2D eigenvalue weighted by molar-refractivity contribution is -0.132. The molecule has 12 heteroatoms. The van der Waals surface area contributed by atoms with Crippen LogP contribution in [0.1, 0.15) is 84.0 Å². The summed E-state index contributed by atoms with van der Waals surface area (Å²) in [6.45, 7) is 12.9. The summed E-state index contributed by atoms with van der Waals surface area (Å²) in [5.41, 5.74) is 9.26. The van der Waals surface area contributed by atoms with Crippen molar-refractivity contribution in [2.75, 3.05) is 64.6 Å². The van der Waals surface area contributed by atoms with Crippen molar-refractivity contribution in [1.82, 2.24) is 14.4 Å². The number of unbranched alkanes of at least 4 members (excludes halogenated alkanes) is 2. The van der Waals surface area contributed by atoms with Crippen molar-refractivity contribution < 1.29 is 33.4 Å². The van der Waals surface area contributed by atoms with Gasteiger partial charge in [0.2, 0.25) is 5.91 Å². The van der Waals surface area contributed by atoms with Crippen LogP contribution in [0.15, 0.2) is 54.6 Å². The van der Waals surface area contributed by atoms with Crippen LogP contribution in [0.4, 0.5) is 16.2 Å². The van der Waals surface area contributed by atoms with E-state index in [1.165, 1.54) is 28.7 Å². The quantitative estimate of drug-likeness (QED) is 0.0940. The summed E-state index contributed by atoms with van der Waals surface area (Å²) in [6, 6.07) is 15.6. The maximum absolute atomic E-state index is 14.1. The summed E-state index contributed by atoms with van der Waals surface area (Å²) >= 11 is 0. The van der Waals surface area contributed by atoms with E-state index in [1.807, 2.05) is 30.0 Å². The normalized spacial score (nSPS) is 13.5. The van der Waals surface area contributed by atoms with Crippen molar-refractivity contribution >= 4 is 46.0 Å². The Balaban J connectivity index is 1.30. The van der Waals surface area contributed by atoms with Crippen molar-refractivity contribution in [3.63, 3.8) is 0 Å². The Kier molecular flexibility index (Phi) is 12.4. The first kappa shape index (κ1) is 39.8. The van der Waals surface area contributed by atoms with Crippen LogP contribution in [0.2, 0.25) is 0 Å². The summed E-state index contributed by atoms with van der Waals surface area (Å²) in [5, 5.41) is 0.567. The number of anilines is 2. The van der Waals surface area contributed by atoms with Crippen LogP contribution < -0.4 is 20.1 Å². The van der Waals surface area contributed by atoms with Crippen LogP contribution in [0, 0.1) is 13.8 Å². The summed E-state index contributed by atoms with van der Waals surface area (Å²) in [4.78, 5) is 59.4. The van der Waals surface area contributed by atoms with Gasteiger partial charge >= 0.3 is 6.09 Å². The Morgan fingerprint density at radius 1 is 0.870 bits per heavy atom. The minimum atomic E-state index is -0.701. The second-order valence-corrected chi connectivity index (χ2v) is 15.0. The van der Waals surface area contributed by atoms with Crippen LogP contribution >= 0.6 is 0 Å². The third-order valence-electron chi connectivity index (χ3n) is 9.66. The number of carbonyl (C=O) groups excluding carboxylic acids is 4. The summed E-state index contributed by atoms with van der Waals surface area (Å²) < 4.78 is 18.9. The average molecular weight is 740 g/mol. The molecule has 1 aliphatic heterocycles. The number of fused-ring (bicyclic) bond motifs is 1. The zero-order valence-electron chi connectivity index (χ0n) is 32.8. The Morgan fingerprint density at radius 3 is 2.26 bits per heavy atom. The van der Waals surface area contributed by atoms with Crippen LogP contribution in [0.25, 0.3) is 10.9 Å². The van der Waals surface area contributed by atoms with Crippen LogP contribution in [0.3, 0.4) is 0 Å². The number of piperazine rings is 1. The molecular formula is C42H53N5O7. The van der Waals surface area contributed by atoms with E-state index >= 15 is 0 Å². The number of hydrogen-bond donors (Lipinski definition) is 1. The number of carbonyl (C=O) groups is 4. The van der Waals surface area contributed by atoms with E-state index < -0.39 is 17.6 Å². The van der Waals surface area contributed by atoms with E-state index in [4.69, 9.17) is 19.9 Å². The van der Waals surface area contributed by atoms with Crippen molar-refractivity contribution in [2.24, 2.45) is 0 Å². The van der Waals surface area contributed by atoms with Crippen LogP contribution in [-0.4, -0.2) is 97.6 Å². The zero-order valence-corrected chi connectivity index (χ0v) is 32.8. The van der Waals surface area contributed by atoms with Crippen molar-refractivity contribution in [3.8, 4) is 11.5 Å². The van der Waals surface area contributed by atoms with E-state index in [1.54, 1.807) is 59.0 Å². The Morgan fingerprint density at radius 2 is 1.57 bits per heavy atom. The number of ether oxygens (including phenoxy) is 3. The fourth-order valence-electron chi connectivity index (χ4n) is 6.70. The number of nitrogens with zero attached hydrogens (tertiary/aromatic N) is 4. The van der Waals surface area contributed by atoms with Gasteiger partial charge in [-0.25, -0.2) is 9.36 Å². The van der Waals surface area contributed by atoms with Crippen molar-refractivity contribution in [3.05, 3.63) is 82.5 Å². The Hall–Kier alpha value is -5.36. The van der Waals surface area contributed by atoms with Crippen LogP contribution in [0.5, 0.6) is 11.5 Å². The molecule has 2 N–H and O–H groups in total.